The van der Waals surface area contributed by atoms with Gasteiger partial charge in [-0.2, -0.15) is 0 Å². The van der Waals surface area contributed by atoms with Crippen molar-refractivity contribution in [1.82, 2.24) is 0 Å². The quantitative estimate of drug-likeness (QED) is 0.494. The highest BCUT2D eigenvalue weighted by molar-refractivity contribution is 6.48. The second kappa shape index (κ2) is 10.3. The fourth-order valence-electron chi connectivity index (χ4n) is 2.86. The molecular weight excluding hydrogens is 316 g/mol. The van der Waals surface area contributed by atoms with Crippen LogP contribution in [0.2, 0.25) is 13.1 Å². The second-order valence-electron chi connectivity index (χ2n) is 8.28. The highest BCUT2D eigenvalue weighted by Gasteiger charge is 2.27. The molecule has 1 rings (SSSR count). The Hall–Kier alpha value is -0.683. The Bertz CT molecular complexity index is 442. The van der Waals surface area contributed by atoms with E-state index in [0.717, 1.165) is 13.0 Å². The van der Waals surface area contributed by atoms with Gasteiger partial charge in [-0.1, -0.05) is 58.0 Å². The van der Waals surface area contributed by atoms with E-state index in [0.29, 0.717) is 24.9 Å². The number of hydrogen-bond acceptors (Lipinski definition) is 3. The summed E-state index contributed by atoms with van der Waals surface area (Å²) in [5, 5.41) is 10.0. The molecule has 0 amide bonds. The van der Waals surface area contributed by atoms with Crippen molar-refractivity contribution in [1.29, 1.82) is 0 Å². The van der Waals surface area contributed by atoms with Gasteiger partial charge in [0.05, 0.1) is 13.2 Å². The van der Waals surface area contributed by atoms with Crippen LogP contribution >= 0.6 is 0 Å². The third-order valence-corrected chi connectivity index (χ3v) is 5.23. The van der Waals surface area contributed by atoms with Gasteiger partial charge in [0.25, 0.3) is 0 Å². The maximum atomic E-state index is 10.0. The van der Waals surface area contributed by atoms with Crippen LogP contribution in [0.15, 0.2) is 30.3 Å². The maximum Gasteiger partial charge on any atom is 0.174 e. The lowest BCUT2D eigenvalue weighted by Gasteiger charge is -2.33. The van der Waals surface area contributed by atoms with Crippen molar-refractivity contribution in [2.75, 3.05) is 6.61 Å². The Morgan fingerprint density at radius 1 is 1.08 bits per heavy atom. The zero-order valence-electron chi connectivity index (χ0n) is 16.3. The summed E-state index contributed by atoms with van der Waals surface area (Å²) in [5.74, 6) is 0.872. The highest BCUT2D eigenvalue weighted by Crippen LogP contribution is 2.33. The Labute approximate surface area is 150 Å². The minimum absolute atomic E-state index is 0.184. The Morgan fingerprint density at radius 3 is 2.25 bits per heavy atom. The van der Waals surface area contributed by atoms with E-state index in [-0.39, 0.29) is 5.41 Å². The minimum atomic E-state index is -1.18. The largest absolute Gasteiger partial charge is 0.396 e. The third-order valence-electron chi connectivity index (χ3n) is 4.38. The highest BCUT2D eigenvalue weighted by atomic mass is 28.3. The average Bonchev–Trinajstić information content (AvgIpc) is 2.45. The van der Waals surface area contributed by atoms with Crippen LogP contribution in [-0.4, -0.2) is 27.0 Å². The molecule has 0 heterocycles. The van der Waals surface area contributed by atoms with E-state index < -0.39 is 15.3 Å². The third kappa shape index (κ3) is 8.97. The molecule has 0 saturated carbocycles. The summed E-state index contributed by atoms with van der Waals surface area (Å²) in [7, 11) is -1.18. The standard InChI is InChI=1S/C20H36O3Si/c1-16(13-19(21)23-24(5)6)12-18(20(2,3)4)15-22-14-17-10-8-7-9-11-17/h7-11,16,18-19,21,24H,12-15H2,1-6H3/t16-,18+,19?/m1/s1. The molecule has 0 aliphatic heterocycles. The van der Waals surface area contributed by atoms with Crippen molar-refractivity contribution in [2.45, 2.75) is 66.5 Å². The van der Waals surface area contributed by atoms with Crippen molar-refractivity contribution < 1.29 is 14.3 Å². The van der Waals surface area contributed by atoms with E-state index in [1.807, 2.05) is 18.2 Å². The van der Waals surface area contributed by atoms with Crippen LogP contribution in [0.25, 0.3) is 0 Å². The molecule has 3 nitrogen and oxygen atoms in total. The molecule has 0 spiro atoms. The second-order valence-corrected chi connectivity index (χ2v) is 10.6. The van der Waals surface area contributed by atoms with Crippen LogP contribution in [-0.2, 0) is 15.8 Å². The van der Waals surface area contributed by atoms with Gasteiger partial charge in [0, 0.05) is 0 Å². The predicted molar refractivity (Wildman–Crippen MR) is 103 cm³/mol. The van der Waals surface area contributed by atoms with Crippen LogP contribution in [0, 0.1) is 17.3 Å². The normalized spacial score (nSPS) is 16.2. The first-order valence-electron chi connectivity index (χ1n) is 9.13. The van der Waals surface area contributed by atoms with Crippen LogP contribution in [0.1, 0.15) is 46.1 Å². The lowest BCUT2D eigenvalue weighted by atomic mass is 9.76. The van der Waals surface area contributed by atoms with E-state index in [1.54, 1.807) is 0 Å². The van der Waals surface area contributed by atoms with Gasteiger partial charge >= 0.3 is 0 Å². The lowest BCUT2D eigenvalue weighted by molar-refractivity contribution is -0.0415. The molecule has 0 aliphatic rings. The molecule has 1 N–H and O–H groups in total. The van der Waals surface area contributed by atoms with Gasteiger partial charge in [-0.15, -0.1) is 0 Å². The molecule has 0 radical (unpaired) electrons. The van der Waals surface area contributed by atoms with Crippen molar-refractivity contribution >= 4 is 9.04 Å². The van der Waals surface area contributed by atoms with Crippen molar-refractivity contribution in [3.8, 4) is 0 Å². The van der Waals surface area contributed by atoms with Gasteiger partial charge in [-0.05, 0) is 48.7 Å². The topological polar surface area (TPSA) is 38.7 Å². The molecule has 0 aliphatic carbocycles. The van der Waals surface area contributed by atoms with Crippen molar-refractivity contribution in [3.05, 3.63) is 35.9 Å². The number of hydrogen-bond donors (Lipinski definition) is 1. The molecule has 0 aromatic heterocycles. The summed E-state index contributed by atoms with van der Waals surface area (Å²) >= 11 is 0. The van der Waals surface area contributed by atoms with Crippen LogP contribution in [0.5, 0.6) is 0 Å². The monoisotopic (exact) mass is 352 g/mol. The number of aliphatic hydroxyl groups excluding tert-OH is 1. The Balaban J connectivity index is 2.47. The average molecular weight is 353 g/mol. The number of rotatable bonds is 10. The number of aliphatic hydroxyl groups is 1. The lowest BCUT2D eigenvalue weighted by Crippen LogP contribution is -2.29. The zero-order valence-corrected chi connectivity index (χ0v) is 17.4. The number of benzene rings is 1. The fourth-order valence-corrected chi connectivity index (χ4v) is 3.60. The molecule has 4 heteroatoms. The summed E-state index contributed by atoms with van der Waals surface area (Å²) in [4.78, 5) is 0. The van der Waals surface area contributed by atoms with Gasteiger partial charge in [0.1, 0.15) is 6.29 Å². The van der Waals surface area contributed by atoms with Crippen LogP contribution in [0.3, 0.4) is 0 Å². The smallest absolute Gasteiger partial charge is 0.174 e. The first-order chi connectivity index (χ1) is 11.2. The van der Waals surface area contributed by atoms with Crippen molar-refractivity contribution in [3.63, 3.8) is 0 Å². The summed E-state index contributed by atoms with van der Waals surface area (Å²) in [6.07, 6.45) is 1.13. The summed E-state index contributed by atoms with van der Waals surface area (Å²) < 4.78 is 11.6. The fraction of sp³-hybridized carbons (Fsp3) is 0.700. The SMILES string of the molecule is C[C@@H](CC(O)O[SiH](C)C)C[C@@H](COCc1ccccc1)C(C)(C)C. The molecular formula is C20H36O3Si. The molecule has 0 saturated heterocycles. The molecule has 1 unspecified atom stereocenters. The minimum Gasteiger partial charge on any atom is -0.396 e. The first-order valence-corrected chi connectivity index (χ1v) is 11.9. The van der Waals surface area contributed by atoms with Crippen LogP contribution < -0.4 is 0 Å². The Kier molecular flexibility index (Phi) is 9.20. The van der Waals surface area contributed by atoms with Gasteiger partial charge in [0.15, 0.2) is 9.04 Å². The molecule has 3 atom stereocenters. The maximum absolute atomic E-state index is 10.0. The van der Waals surface area contributed by atoms with E-state index >= 15 is 0 Å². The summed E-state index contributed by atoms with van der Waals surface area (Å²) in [5.41, 5.74) is 1.40. The first kappa shape index (κ1) is 21.4. The molecule has 1 aromatic rings. The van der Waals surface area contributed by atoms with Crippen LogP contribution in [0.4, 0.5) is 0 Å². The molecule has 24 heavy (non-hydrogen) atoms. The predicted octanol–water partition coefficient (Wildman–Crippen LogP) is 4.60. The Morgan fingerprint density at radius 2 is 1.71 bits per heavy atom. The molecule has 138 valence electrons. The summed E-state index contributed by atoms with van der Waals surface area (Å²) in [6.45, 7) is 14.6. The van der Waals surface area contributed by atoms with Gasteiger partial charge in [-0.25, -0.2) is 0 Å². The van der Waals surface area contributed by atoms with Gasteiger partial charge in [0.2, 0.25) is 0 Å². The van der Waals surface area contributed by atoms with E-state index in [1.165, 1.54) is 5.56 Å². The molecule has 0 fully saturated rings. The summed E-state index contributed by atoms with van der Waals surface area (Å²) in [6, 6.07) is 10.3. The molecule has 0 bridgehead atoms. The van der Waals surface area contributed by atoms with E-state index in [2.05, 4.69) is 52.9 Å². The van der Waals surface area contributed by atoms with E-state index in [4.69, 9.17) is 9.16 Å². The van der Waals surface area contributed by atoms with Crippen molar-refractivity contribution in [2.24, 2.45) is 17.3 Å². The van der Waals surface area contributed by atoms with E-state index in [9.17, 15) is 5.11 Å². The van der Waals surface area contributed by atoms with Gasteiger partial charge in [-0.3, -0.25) is 0 Å². The number of ether oxygens (including phenoxy) is 1. The zero-order chi connectivity index (χ0) is 18.2. The van der Waals surface area contributed by atoms with Gasteiger partial charge < -0.3 is 14.3 Å². The molecule has 1 aromatic carbocycles.